The number of hydrogen-bond acceptors (Lipinski definition) is 4. The van der Waals surface area contributed by atoms with E-state index in [0.717, 1.165) is 12.8 Å². The summed E-state index contributed by atoms with van der Waals surface area (Å²) in [4.78, 5) is 24.6. The van der Waals surface area contributed by atoms with Gasteiger partial charge in [-0.2, -0.15) is 4.31 Å². The number of rotatable bonds is 4. The van der Waals surface area contributed by atoms with Gasteiger partial charge in [0, 0.05) is 31.7 Å². The SMILES string of the molecule is CC1CCN(S(=O)(=O)c2ccc(N3C[C@@H](C(=O)O)CC3=O)cc2)CC1. The molecule has 136 valence electrons. The van der Waals surface area contributed by atoms with Crippen molar-refractivity contribution in [2.24, 2.45) is 11.8 Å². The second kappa shape index (κ2) is 6.76. The highest BCUT2D eigenvalue weighted by Crippen LogP contribution is 2.28. The predicted molar refractivity (Wildman–Crippen MR) is 91.7 cm³/mol. The lowest BCUT2D eigenvalue weighted by molar-refractivity contribution is -0.141. The van der Waals surface area contributed by atoms with Gasteiger partial charge < -0.3 is 10.0 Å². The van der Waals surface area contributed by atoms with Crippen molar-refractivity contribution in [3.63, 3.8) is 0 Å². The molecule has 0 bridgehead atoms. The topological polar surface area (TPSA) is 95.0 Å². The molecule has 0 radical (unpaired) electrons. The number of carboxylic acids is 1. The van der Waals surface area contributed by atoms with Gasteiger partial charge in [-0.05, 0) is 43.0 Å². The fraction of sp³-hybridized carbons (Fsp3) is 0.529. The monoisotopic (exact) mass is 366 g/mol. The van der Waals surface area contributed by atoms with Crippen LogP contribution in [-0.4, -0.2) is 49.3 Å². The van der Waals surface area contributed by atoms with E-state index in [0.29, 0.717) is 24.7 Å². The molecule has 2 saturated heterocycles. The molecule has 0 aromatic heterocycles. The molecule has 2 aliphatic heterocycles. The second-order valence-electron chi connectivity index (χ2n) is 6.82. The maximum absolute atomic E-state index is 12.7. The molecule has 0 saturated carbocycles. The molecule has 1 N–H and O–H groups in total. The van der Waals surface area contributed by atoms with E-state index in [2.05, 4.69) is 6.92 Å². The smallest absolute Gasteiger partial charge is 0.308 e. The van der Waals surface area contributed by atoms with Crippen LogP contribution in [0.5, 0.6) is 0 Å². The van der Waals surface area contributed by atoms with E-state index in [1.54, 1.807) is 12.1 Å². The average molecular weight is 366 g/mol. The van der Waals surface area contributed by atoms with Crippen LogP contribution in [0.2, 0.25) is 0 Å². The first kappa shape index (κ1) is 17.9. The maximum atomic E-state index is 12.7. The Morgan fingerprint density at radius 1 is 1.16 bits per heavy atom. The van der Waals surface area contributed by atoms with Crippen molar-refractivity contribution in [1.29, 1.82) is 0 Å². The van der Waals surface area contributed by atoms with Crippen LogP contribution in [0.4, 0.5) is 5.69 Å². The van der Waals surface area contributed by atoms with E-state index in [9.17, 15) is 18.0 Å². The summed E-state index contributed by atoms with van der Waals surface area (Å²) in [5.74, 6) is -1.43. The van der Waals surface area contributed by atoms with E-state index < -0.39 is 21.9 Å². The van der Waals surface area contributed by atoms with Crippen molar-refractivity contribution in [1.82, 2.24) is 4.31 Å². The third-order valence-electron chi connectivity index (χ3n) is 5.00. The molecule has 25 heavy (non-hydrogen) atoms. The minimum Gasteiger partial charge on any atom is -0.481 e. The number of aliphatic carboxylic acids is 1. The Balaban J connectivity index is 1.76. The summed E-state index contributed by atoms with van der Waals surface area (Å²) in [6, 6.07) is 6.12. The molecule has 8 heteroatoms. The van der Waals surface area contributed by atoms with Gasteiger partial charge >= 0.3 is 5.97 Å². The fourth-order valence-corrected chi connectivity index (χ4v) is 4.76. The molecule has 1 aromatic carbocycles. The van der Waals surface area contributed by atoms with Crippen LogP contribution in [0, 0.1) is 11.8 Å². The zero-order valence-electron chi connectivity index (χ0n) is 14.1. The fourth-order valence-electron chi connectivity index (χ4n) is 3.29. The molecule has 2 aliphatic rings. The lowest BCUT2D eigenvalue weighted by atomic mass is 10.0. The highest BCUT2D eigenvalue weighted by molar-refractivity contribution is 7.89. The predicted octanol–water partition coefficient (Wildman–Crippen LogP) is 1.54. The molecule has 0 aliphatic carbocycles. The molecule has 0 spiro atoms. The molecule has 0 unspecified atom stereocenters. The highest BCUT2D eigenvalue weighted by atomic mass is 32.2. The quantitative estimate of drug-likeness (QED) is 0.872. The summed E-state index contributed by atoms with van der Waals surface area (Å²) in [5.41, 5.74) is 0.528. The number of sulfonamides is 1. The van der Waals surface area contributed by atoms with Gasteiger partial charge in [0.15, 0.2) is 0 Å². The van der Waals surface area contributed by atoms with E-state index in [-0.39, 0.29) is 23.8 Å². The molecule has 7 nitrogen and oxygen atoms in total. The standard InChI is InChI=1S/C17H22N2O5S/c1-12-6-8-18(9-7-12)25(23,24)15-4-2-14(3-5-15)19-11-13(17(21)22)10-16(19)20/h2-5,12-13H,6-11H2,1H3,(H,21,22)/t13-/m0/s1. The molecular weight excluding hydrogens is 344 g/mol. The average Bonchev–Trinajstić information content (AvgIpc) is 2.97. The molecule has 1 aromatic rings. The number of amides is 1. The van der Waals surface area contributed by atoms with Crippen LogP contribution in [0.25, 0.3) is 0 Å². The molecule has 1 atom stereocenters. The van der Waals surface area contributed by atoms with Crippen molar-refractivity contribution >= 4 is 27.6 Å². The summed E-state index contributed by atoms with van der Waals surface area (Å²) < 4.78 is 26.9. The second-order valence-corrected chi connectivity index (χ2v) is 8.76. The Hall–Kier alpha value is -1.93. The minimum absolute atomic E-state index is 0.0264. The molecular formula is C17H22N2O5S. The number of nitrogens with zero attached hydrogens (tertiary/aromatic N) is 2. The third kappa shape index (κ3) is 3.55. The molecule has 3 rings (SSSR count). The summed E-state index contributed by atoms with van der Waals surface area (Å²) in [7, 11) is -3.53. The van der Waals surface area contributed by atoms with Crippen LogP contribution in [0.3, 0.4) is 0 Å². The molecule has 2 fully saturated rings. The van der Waals surface area contributed by atoms with E-state index in [4.69, 9.17) is 5.11 Å². The minimum atomic E-state index is -3.53. The molecule has 2 heterocycles. The number of carboxylic acid groups (broad SMARTS) is 1. The Morgan fingerprint density at radius 2 is 1.76 bits per heavy atom. The van der Waals surface area contributed by atoms with Gasteiger partial charge in [-0.3, -0.25) is 9.59 Å². The van der Waals surface area contributed by atoms with Crippen molar-refractivity contribution in [3.05, 3.63) is 24.3 Å². The number of carbonyl (C=O) groups excluding carboxylic acids is 1. The first-order valence-electron chi connectivity index (χ1n) is 8.42. The Labute approximate surface area is 147 Å². The normalized spacial score (nSPS) is 23.2. The van der Waals surface area contributed by atoms with Gasteiger partial charge in [0.1, 0.15) is 0 Å². The van der Waals surface area contributed by atoms with Crippen LogP contribution >= 0.6 is 0 Å². The highest BCUT2D eigenvalue weighted by Gasteiger charge is 2.35. The third-order valence-corrected chi connectivity index (χ3v) is 6.92. The Bertz CT molecular complexity index is 767. The van der Waals surface area contributed by atoms with E-state index in [1.807, 2.05) is 0 Å². The summed E-state index contributed by atoms with van der Waals surface area (Å²) in [6.45, 7) is 3.28. The largest absolute Gasteiger partial charge is 0.481 e. The Morgan fingerprint density at radius 3 is 2.28 bits per heavy atom. The summed E-state index contributed by atoms with van der Waals surface area (Å²) in [5, 5.41) is 9.05. The zero-order chi connectivity index (χ0) is 18.2. The van der Waals surface area contributed by atoms with Gasteiger partial charge in [0.05, 0.1) is 10.8 Å². The van der Waals surface area contributed by atoms with Crippen LogP contribution in [0.15, 0.2) is 29.2 Å². The van der Waals surface area contributed by atoms with Crippen molar-refractivity contribution < 1.29 is 23.1 Å². The van der Waals surface area contributed by atoms with Crippen molar-refractivity contribution in [3.8, 4) is 0 Å². The lowest BCUT2D eigenvalue weighted by Crippen LogP contribution is -2.37. The maximum Gasteiger partial charge on any atom is 0.308 e. The van der Waals surface area contributed by atoms with Gasteiger partial charge in [-0.15, -0.1) is 0 Å². The Kier molecular flexibility index (Phi) is 4.83. The van der Waals surface area contributed by atoms with E-state index >= 15 is 0 Å². The van der Waals surface area contributed by atoms with Gasteiger partial charge in [-0.25, -0.2) is 8.42 Å². The van der Waals surface area contributed by atoms with Gasteiger partial charge in [0.2, 0.25) is 15.9 Å². The van der Waals surface area contributed by atoms with Crippen LogP contribution in [-0.2, 0) is 19.6 Å². The van der Waals surface area contributed by atoms with Crippen LogP contribution in [0.1, 0.15) is 26.2 Å². The lowest BCUT2D eigenvalue weighted by Gasteiger charge is -2.29. The number of piperidine rings is 1. The van der Waals surface area contributed by atoms with Gasteiger partial charge in [-0.1, -0.05) is 6.92 Å². The number of benzene rings is 1. The first-order valence-corrected chi connectivity index (χ1v) is 9.86. The molecule has 1 amide bonds. The number of anilines is 1. The van der Waals surface area contributed by atoms with Crippen molar-refractivity contribution in [2.75, 3.05) is 24.5 Å². The van der Waals surface area contributed by atoms with E-state index in [1.165, 1.54) is 21.3 Å². The van der Waals surface area contributed by atoms with Gasteiger partial charge in [0.25, 0.3) is 0 Å². The summed E-state index contributed by atoms with van der Waals surface area (Å²) >= 11 is 0. The zero-order valence-corrected chi connectivity index (χ0v) is 14.9. The first-order chi connectivity index (χ1) is 11.8. The van der Waals surface area contributed by atoms with Crippen LogP contribution < -0.4 is 4.90 Å². The number of hydrogen-bond donors (Lipinski definition) is 1. The van der Waals surface area contributed by atoms with Crippen molar-refractivity contribution in [2.45, 2.75) is 31.1 Å². The number of carbonyl (C=O) groups is 2. The summed E-state index contributed by atoms with van der Waals surface area (Å²) in [6.07, 6.45) is 1.69.